The predicted octanol–water partition coefficient (Wildman–Crippen LogP) is 1.06. The number of hydrogen-bond donors (Lipinski definition) is 2. The van der Waals surface area contributed by atoms with Crippen LogP contribution in [0.1, 0.15) is 6.42 Å². The first-order valence-electron chi connectivity index (χ1n) is 5.13. The van der Waals surface area contributed by atoms with Crippen LogP contribution in [0.4, 0.5) is 15.8 Å². The van der Waals surface area contributed by atoms with E-state index in [0.717, 1.165) is 0 Å². The number of anilines is 2. The number of nitrogens with zero attached hydrogens (tertiary/aromatic N) is 1. The molecule has 0 aromatic heterocycles. The molecule has 1 aliphatic rings. The molecule has 0 fully saturated rings. The molecule has 1 aromatic rings. The van der Waals surface area contributed by atoms with E-state index < -0.39 is 11.8 Å². The number of halogens is 1. The first kappa shape index (κ1) is 11.4. The van der Waals surface area contributed by atoms with Gasteiger partial charge in [-0.1, -0.05) is 6.07 Å². The van der Waals surface area contributed by atoms with Crippen LogP contribution in [0.3, 0.4) is 0 Å². The van der Waals surface area contributed by atoms with Crippen molar-refractivity contribution in [2.24, 2.45) is 0 Å². The monoisotopic (exact) mass is 238 g/mol. The molecule has 90 valence electrons. The molecule has 1 heterocycles. The minimum atomic E-state index is -1.06. The minimum Gasteiger partial charge on any atom is -0.480 e. The molecule has 5 nitrogen and oxygen atoms in total. The van der Waals surface area contributed by atoms with Gasteiger partial charge in [-0.3, -0.25) is 9.59 Å². The fourth-order valence-electron chi connectivity index (χ4n) is 1.82. The van der Waals surface area contributed by atoms with Crippen LogP contribution in [-0.2, 0) is 9.59 Å². The van der Waals surface area contributed by atoms with Gasteiger partial charge in [0.25, 0.3) is 0 Å². The lowest BCUT2D eigenvalue weighted by atomic mass is 10.2. The third-order valence-corrected chi connectivity index (χ3v) is 2.51. The van der Waals surface area contributed by atoms with E-state index in [1.165, 1.54) is 17.0 Å². The first-order chi connectivity index (χ1) is 8.08. The summed E-state index contributed by atoms with van der Waals surface area (Å²) in [7, 11) is 0. The number of fused-ring (bicyclic) bond motifs is 1. The average molecular weight is 238 g/mol. The average Bonchev–Trinajstić information content (AvgIpc) is 2.38. The number of carbonyl (C=O) groups is 2. The van der Waals surface area contributed by atoms with Crippen molar-refractivity contribution >= 4 is 23.3 Å². The van der Waals surface area contributed by atoms with E-state index in [4.69, 9.17) is 5.11 Å². The third kappa shape index (κ3) is 2.35. The fourth-order valence-corrected chi connectivity index (χ4v) is 1.82. The molecule has 2 rings (SSSR count). The van der Waals surface area contributed by atoms with E-state index in [1.54, 1.807) is 6.07 Å². The number of carboxylic acid groups (broad SMARTS) is 1. The maximum absolute atomic E-state index is 13.7. The van der Waals surface area contributed by atoms with Gasteiger partial charge < -0.3 is 15.3 Å². The number of carboxylic acids is 1. The van der Waals surface area contributed by atoms with E-state index in [0.29, 0.717) is 5.69 Å². The number of carbonyl (C=O) groups excluding carboxylic acids is 1. The summed E-state index contributed by atoms with van der Waals surface area (Å²) in [5, 5.41) is 11.3. The Morgan fingerprint density at radius 2 is 2.29 bits per heavy atom. The van der Waals surface area contributed by atoms with Gasteiger partial charge in [0, 0.05) is 13.0 Å². The Kier molecular flexibility index (Phi) is 2.95. The van der Waals surface area contributed by atoms with Crippen molar-refractivity contribution in [2.45, 2.75) is 6.42 Å². The van der Waals surface area contributed by atoms with E-state index in [-0.39, 0.29) is 31.1 Å². The first-order valence-corrected chi connectivity index (χ1v) is 5.13. The summed E-state index contributed by atoms with van der Waals surface area (Å²) in [6.45, 7) is -0.144. The molecule has 0 spiro atoms. The molecular formula is C11H11FN2O3. The van der Waals surface area contributed by atoms with Crippen molar-refractivity contribution in [1.82, 2.24) is 0 Å². The molecule has 0 aliphatic carbocycles. The molecule has 0 atom stereocenters. The van der Waals surface area contributed by atoms with Gasteiger partial charge in [-0.05, 0) is 12.1 Å². The molecule has 6 heteroatoms. The van der Waals surface area contributed by atoms with Gasteiger partial charge in [-0.25, -0.2) is 4.39 Å². The van der Waals surface area contributed by atoms with Gasteiger partial charge in [0.2, 0.25) is 5.91 Å². The minimum absolute atomic E-state index is 0.140. The summed E-state index contributed by atoms with van der Waals surface area (Å²) < 4.78 is 13.7. The lowest BCUT2D eigenvalue weighted by Crippen LogP contribution is -2.31. The van der Waals surface area contributed by atoms with Crippen LogP contribution in [0.15, 0.2) is 18.2 Å². The highest BCUT2D eigenvalue weighted by atomic mass is 19.1. The number of nitrogens with one attached hydrogen (secondary N) is 1. The number of hydrogen-bond acceptors (Lipinski definition) is 3. The second-order valence-corrected chi connectivity index (χ2v) is 3.75. The lowest BCUT2D eigenvalue weighted by Gasteiger charge is -2.22. The molecule has 0 saturated heterocycles. The quantitative estimate of drug-likeness (QED) is 0.808. The van der Waals surface area contributed by atoms with E-state index >= 15 is 0 Å². The largest absolute Gasteiger partial charge is 0.480 e. The summed E-state index contributed by atoms with van der Waals surface area (Å²) in [6, 6.07) is 4.26. The molecule has 0 saturated carbocycles. The highest BCUT2D eigenvalue weighted by Gasteiger charge is 2.23. The van der Waals surface area contributed by atoms with Gasteiger partial charge >= 0.3 is 5.97 Å². The van der Waals surface area contributed by atoms with Crippen molar-refractivity contribution < 1.29 is 19.1 Å². The van der Waals surface area contributed by atoms with Gasteiger partial charge in [-0.15, -0.1) is 0 Å². The molecule has 17 heavy (non-hydrogen) atoms. The Morgan fingerprint density at radius 3 is 3.00 bits per heavy atom. The Bertz CT molecular complexity index is 476. The van der Waals surface area contributed by atoms with Crippen LogP contribution >= 0.6 is 0 Å². The number of rotatable bonds is 2. The molecule has 2 N–H and O–H groups in total. The fraction of sp³-hybridized carbons (Fsp3) is 0.273. The molecule has 1 aromatic carbocycles. The zero-order chi connectivity index (χ0) is 12.4. The second-order valence-electron chi connectivity index (χ2n) is 3.75. The summed E-state index contributed by atoms with van der Waals surface area (Å²) in [4.78, 5) is 23.4. The van der Waals surface area contributed by atoms with Crippen LogP contribution < -0.4 is 10.2 Å². The predicted molar refractivity (Wildman–Crippen MR) is 59.5 cm³/mol. The molecule has 0 radical (unpaired) electrons. The van der Waals surface area contributed by atoms with E-state index in [9.17, 15) is 14.0 Å². The van der Waals surface area contributed by atoms with Gasteiger partial charge in [0.1, 0.15) is 12.4 Å². The van der Waals surface area contributed by atoms with Crippen molar-refractivity contribution in [2.75, 3.05) is 23.3 Å². The Morgan fingerprint density at radius 1 is 1.53 bits per heavy atom. The summed E-state index contributed by atoms with van der Waals surface area (Å²) in [6.07, 6.45) is 0.140. The Hall–Kier alpha value is -2.11. The summed E-state index contributed by atoms with van der Waals surface area (Å²) in [5.74, 6) is -1.84. The van der Waals surface area contributed by atoms with Gasteiger partial charge in [0.05, 0.1) is 11.4 Å². The van der Waals surface area contributed by atoms with Crippen molar-refractivity contribution in [3.63, 3.8) is 0 Å². The maximum atomic E-state index is 13.7. The Labute approximate surface area is 96.8 Å². The number of para-hydroxylation sites is 1. The third-order valence-electron chi connectivity index (χ3n) is 2.51. The summed E-state index contributed by atoms with van der Waals surface area (Å²) >= 11 is 0. The molecular weight excluding hydrogens is 227 g/mol. The zero-order valence-electron chi connectivity index (χ0n) is 8.94. The Balaban J connectivity index is 2.44. The van der Waals surface area contributed by atoms with Crippen LogP contribution in [0.2, 0.25) is 0 Å². The van der Waals surface area contributed by atoms with Crippen LogP contribution in [0.5, 0.6) is 0 Å². The number of aliphatic carboxylic acids is 1. The number of amides is 1. The van der Waals surface area contributed by atoms with Crippen molar-refractivity contribution in [3.05, 3.63) is 24.0 Å². The smallest absolute Gasteiger partial charge is 0.323 e. The van der Waals surface area contributed by atoms with Crippen molar-refractivity contribution in [3.8, 4) is 0 Å². The second kappa shape index (κ2) is 4.40. The normalized spacial score (nSPS) is 14.9. The van der Waals surface area contributed by atoms with Crippen LogP contribution in [0.25, 0.3) is 0 Å². The highest BCUT2D eigenvalue weighted by molar-refractivity contribution is 5.97. The number of benzene rings is 1. The van der Waals surface area contributed by atoms with Gasteiger partial charge in [-0.2, -0.15) is 0 Å². The molecule has 1 aliphatic heterocycles. The maximum Gasteiger partial charge on any atom is 0.323 e. The molecule has 0 bridgehead atoms. The lowest BCUT2D eigenvalue weighted by molar-refractivity contribution is -0.135. The topological polar surface area (TPSA) is 69.6 Å². The van der Waals surface area contributed by atoms with Crippen molar-refractivity contribution in [1.29, 1.82) is 0 Å². The summed E-state index contributed by atoms with van der Waals surface area (Å²) in [5.41, 5.74) is 0.453. The molecule has 0 unspecified atom stereocenters. The van der Waals surface area contributed by atoms with Gasteiger partial charge in [0.15, 0.2) is 0 Å². The van der Waals surface area contributed by atoms with E-state index in [1.807, 2.05) is 0 Å². The zero-order valence-corrected chi connectivity index (χ0v) is 8.94. The van der Waals surface area contributed by atoms with Crippen LogP contribution in [0, 0.1) is 5.82 Å². The highest BCUT2D eigenvalue weighted by Crippen LogP contribution is 2.31. The SMILES string of the molecule is O=C(O)CN1CCC(=O)Nc2cccc(F)c21. The van der Waals surface area contributed by atoms with Crippen LogP contribution in [-0.4, -0.2) is 30.1 Å². The van der Waals surface area contributed by atoms with E-state index in [2.05, 4.69) is 5.32 Å². The standard InChI is InChI=1S/C11H11FN2O3/c12-7-2-1-3-8-11(7)14(6-10(16)17)5-4-9(15)13-8/h1-3H,4-6H2,(H,13,15)(H,16,17). The molecule has 1 amide bonds.